The van der Waals surface area contributed by atoms with Crippen LogP contribution in [0.4, 0.5) is 0 Å². The lowest BCUT2D eigenvalue weighted by Crippen LogP contribution is -2.45. The van der Waals surface area contributed by atoms with Gasteiger partial charge in [-0.05, 0) is 31.1 Å². The summed E-state index contributed by atoms with van der Waals surface area (Å²) in [6, 6.07) is 0. The first-order valence-corrected chi connectivity index (χ1v) is 5.52. The summed E-state index contributed by atoms with van der Waals surface area (Å²) >= 11 is 0. The van der Waals surface area contributed by atoms with Gasteiger partial charge in [0, 0.05) is 6.54 Å². The van der Waals surface area contributed by atoms with Gasteiger partial charge in [0.2, 0.25) is 5.91 Å². The first-order valence-electron chi connectivity index (χ1n) is 5.52. The third-order valence-corrected chi connectivity index (χ3v) is 3.72. The summed E-state index contributed by atoms with van der Waals surface area (Å²) in [5, 5.41) is 11.7. The van der Waals surface area contributed by atoms with Gasteiger partial charge in [0.25, 0.3) is 0 Å². The Labute approximate surface area is 89.0 Å². The summed E-state index contributed by atoms with van der Waals surface area (Å²) < 4.78 is 0. The van der Waals surface area contributed by atoms with Crippen LogP contribution in [0.1, 0.15) is 32.6 Å². The number of nitrogens with one attached hydrogen (secondary N) is 1. The number of carbonyl (C=O) groups excluding carboxylic acids is 1. The topological polar surface area (TPSA) is 66.4 Å². The van der Waals surface area contributed by atoms with Gasteiger partial charge < -0.3 is 10.4 Å². The molecule has 0 aromatic rings. The van der Waals surface area contributed by atoms with Crippen molar-refractivity contribution >= 4 is 11.9 Å². The molecule has 2 unspecified atom stereocenters. The summed E-state index contributed by atoms with van der Waals surface area (Å²) in [5.74, 6) is -1.64. The van der Waals surface area contributed by atoms with E-state index >= 15 is 0 Å². The fraction of sp³-hybridized carbons (Fsp3) is 0.818. The molecule has 0 aliphatic heterocycles. The molecule has 2 saturated carbocycles. The van der Waals surface area contributed by atoms with Crippen molar-refractivity contribution in [3.63, 3.8) is 0 Å². The Kier molecular flexibility index (Phi) is 2.44. The number of carbonyl (C=O) groups is 2. The molecule has 2 N–H and O–H groups in total. The molecule has 0 aromatic heterocycles. The Morgan fingerprint density at radius 2 is 1.93 bits per heavy atom. The van der Waals surface area contributed by atoms with Crippen molar-refractivity contribution in [2.75, 3.05) is 6.54 Å². The number of hydrogen-bond donors (Lipinski definition) is 2. The molecule has 2 aliphatic carbocycles. The summed E-state index contributed by atoms with van der Waals surface area (Å²) in [6.07, 6.45) is 3.70. The summed E-state index contributed by atoms with van der Waals surface area (Å²) in [7, 11) is 0. The van der Waals surface area contributed by atoms with E-state index in [0.29, 0.717) is 13.0 Å². The molecule has 15 heavy (non-hydrogen) atoms. The number of aliphatic carboxylic acids is 1. The standard InChI is InChI=1S/C11H17NO3/c1-11(4-5-11)6-12-9(13)7-2-3-8(7)10(14)15/h7-8H,2-6H2,1H3,(H,12,13)(H,14,15). The zero-order valence-electron chi connectivity index (χ0n) is 8.95. The predicted molar refractivity (Wildman–Crippen MR) is 54.2 cm³/mol. The fourth-order valence-corrected chi connectivity index (χ4v) is 1.93. The lowest BCUT2D eigenvalue weighted by molar-refractivity contribution is -0.152. The zero-order valence-corrected chi connectivity index (χ0v) is 8.95. The van der Waals surface area contributed by atoms with Gasteiger partial charge in [-0.2, -0.15) is 0 Å². The highest BCUT2D eigenvalue weighted by molar-refractivity contribution is 5.86. The van der Waals surface area contributed by atoms with E-state index in [4.69, 9.17) is 5.11 Å². The monoisotopic (exact) mass is 211 g/mol. The molecule has 1 amide bonds. The molecule has 2 rings (SSSR count). The van der Waals surface area contributed by atoms with E-state index in [1.807, 2.05) is 0 Å². The van der Waals surface area contributed by atoms with E-state index in [0.717, 1.165) is 6.42 Å². The molecule has 84 valence electrons. The van der Waals surface area contributed by atoms with E-state index in [1.54, 1.807) is 0 Å². The van der Waals surface area contributed by atoms with Crippen LogP contribution in [0.5, 0.6) is 0 Å². The molecule has 4 heteroatoms. The van der Waals surface area contributed by atoms with Gasteiger partial charge in [-0.25, -0.2) is 0 Å². The van der Waals surface area contributed by atoms with Crippen molar-refractivity contribution in [1.29, 1.82) is 0 Å². The van der Waals surface area contributed by atoms with E-state index in [9.17, 15) is 9.59 Å². The quantitative estimate of drug-likeness (QED) is 0.729. The third-order valence-electron chi connectivity index (χ3n) is 3.72. The Hall–Kier alpha value is -1.06. The van der Waals surface area contributed by atoms with Gasteiger partial charge in [-0.15, -0.1) is 0 Å². The molecule has 0 saturated heterocycles. The lowest BCUT2D eigenvalue weighted by Gasteiger charge is -2.32. The SMILES string of the molecule is CC1(CNC(=O)C2CCC2C(=O)O)CC1. The average molecular weight is 211 g/mol. The lowest BCUT2D eigenvalue weighted by atomic mass is 9.73. The minimum Gasteiger partial charge on any atom is -0.481 e. The van der Waals surface area contributed by atoms with E-state index in [1.165, 1.54) is 12.8 Å². The molecule has 0 spiro atoms. The number of amides is 1. The van der Waals surface area contributed by atoms with Crippen LogP contribution in [0.3, 0.4) is 0 Å². The van der Waals surface area contributed by atoms with E-state index in [-0.39, 0.29) is 17.2 Å². The predicted octanol–water partition coefficient (Wildman–Crippen LogP) is 1.01. The molecule has 0 bridgehead atoms. The van der Waals surface area contributed by atoms with Crippen LogP contribution in [-0.4, -0.2) is 23.5 Å². The number of carboxylic acid groups (broad SMARTS) is 1. The maximum atomic E-state index is 11.6. The van der Waals surface area contributed by atoms with Crippen molar-refractivity contribution in [3.8, 4) is 0 Å². The zero-order chi connectivity index (χ0) is 11.1. The molecule has 0 heterocycles. The molecule has 2 atom stereocenters. The molecule has 2 fully saturated rings. The van der Waals surface area contributed by atoms with Crippen molar-refractivity contribution in [3.05, 3.63) is 0 Å². The smallest absolute Gasteiger partial charge is 0.307 e. The highest BCUT2D eigenvalue weighted by atomic mass is 16.4. The van der Waals surface area contributed by atoms with Gasteiger partial charge in [0.15, 0.2) is 0 Å². The minimum absolute atomic E-state index is 0.0678. The largest absolute Gasteiger partial charge is 0.481 e. The van der Waals surface area contributed by atoms with Gasteiger partial charge in [0.1, 0.15) is 0 Å². The van der Waals surface area contributed by atoms with Crippen LogP contribution in [0, 0.1) is 17.3 Å². The van der Waals surface area contributed by atoms with Crippen LogP contribution < -0.4 is 5.32 Å². The normalized spacial score (nSPS) is 31.5. The van der Waals surface area contributed by atoms with Gasteiger partial charge in [-0.1, -0.05) is 6.92 Å². The maximum Gasteiger partial charge on any atom is 0.307 e. The Balaban J connectivity index is 1.78. The summed E-state index contributed by atoms with van der Waals surface area (Å²) in [5.41, 5.74) is 0.290. The molecule has 2 aliphatic rings. The van der Waals surface area contributed by atoms with E-state index in [2.05, 4.69) is 12.2 Å². The Morgan fingerprint density at radius 1 is 1.33 bits per heavy atom. The first-order chi connectivity index (χ1) is 7.02. The van der Waals surface area contributed by atoms with Crippen molar-refractivity contribution in [1.82, 2.24) is 5.32 Å². The molecular weight excluding hydrogens is 194 g/mol. The summed E-state index contributed by atoms with van der Waals surface area (Å²) in [6.45, 7) is 2.84. The van der Waals surface area contributed by atoms with Crippen LogP contribution in [0.25, 0.3) is 0 Å². The second-order valence-electron chi connectivity index (χ2n) is 5.16. The highest BCUT2D eigenvalue weighted by Crippen LogP contribution is 2.44. The van der Waals surface area contributed by atoms with Crippen LogP contribution >= 0.6 is 0 Å². The highest BCUT2D eigenvalue weighted by Gasteiger charge is 2.43. The molecular formula is C11H17NO3. The van der Waals surface area contributed by atoms with Crippen molar-refractivity contribution in [2.45, 2.75) is 32.6 Å². The number of rotatable bonds is 4. The van der Waals surface area contributed by atoms with E-state index < -0.39 is 11.9 Å². The maximum absolute atomic E-state index is 11.6. The third kappa shape index (κ3) is 2.13. The van der Waals surface area contributed by atoms with Crippen LogP contribution in [0.2, 0.25) is 0 Å². The number of hydrogen-bond acceptors (Lipinski definition) is 2. The number of carboxylic acids is 1. The van der Waals surface area contributed by atoms with Gasteiger partial charge >= 0.3 is 5.97 Å². The minimum atomic E-state index is -0.834. The average Bonchev–Trinajstić information content (AvgIpc) is 2.78. The van der Waals surface area contributed by atoms with Gasteiger partial charge in [-0.3, -0.25) is 9.59 Å². The Morgan fingerprint density at radius 3 is 2.33 bits per heavy atom. The van der Waals surface area contributed by atoms with Crippen LogP contribution in [-0.2, 0) is 9.59 Å². The van der Waals surface area contributed by atoms with Crippen molar-refractivity contribution < 1.29 is 14.7 Å². The molecule has 0 radical (unpaired) electrons. The van der Waals surface area contributed by atoms with Gasteiger partial charge in [0.05, 0.1) is 11.8 Å². The second kappa shape index (κ2) is 3.51. The van der Waals surface area contributed by atoms with Crippen molar-refractivity contribution in [2.24, 2.45) is 17.3 Å². The van der Waals surface area contributed by atoms with Crippen LogP contribution in [0.15, 0.2) is 0 Å². The fourth-order valence-electron chi connectivity index (χ4n) is 1.93. The summed E-state index contributed by atoms with van der Waals surface area (Å²) in [4.78, 5) is 22.4. The molecule has 0 aromatic carbocycles. The first kappa shape index (κ1) is 10.5. The molecule has 4 nitrogen and oxygen atoms in total. The Bertz CT molecular complexity index is 296. The second-order valence-corrected chi connectivity index (χ2v) is 5.16.